The van der Waals surface area contributed by atoms with Gasteiger partial charge in [-0.2, -0.15) is 0 Å². The summed E-state index contributed by atoms with van der Waals surface area (Å²) in [4.78, 5) is 16.7. The second kappa shape index (κ2) is 6.44. The van der Waals surface area contributed by atoms with Crippen molar-refractivity contribution < 1.29 is 9.47 Å². The first kappa shape index (κ1) is 15.6. The number of hydrogen-bond donors (Lipinski definition) is 1. The smallest absolute Gasteiger partial charge is 0.272 e. The Morgan fingerprint density at radius 1 is 1.26 bits per heavy atom. The number of fused-ring (bicyclic) bond motifs is 1. The zero-order chi connectivity index (χ0) is 16.4. The van der Waals surface area contributed by atoms with E-state index >= 15 is 0 Å². The molecule has 0 aliphatic carbocycles. The number of nitrogens with one attached hydrogen (secondary N) is 1. The molecule has 0 atom stereocenters. The third kappa shape index (κ3) is 2.83. The summed E-state index contributed by atoms with van der Waals surface area (Å²) in [5.74, 6) is 0.937. The normalized spacial score (nSPS) is 11.1. The Labute approximate surface area is 137 Å². The van der Waals surface area contributed by atoms with Crippen molar-refractivity contribution in [2.45, 2.75) is 12.5 Å². The van der Waals surface area contributed by atoms with Gasteiger partial charge in [-0.15, -0.1) is 11.6 Å². The van der Waals surface area contributed by atoms with Crippen LogP contribution in [0.15, 0.2) is 35.1 Å². The maximum Gasteiger partial charge on any atom is 0.272 e. The summed E-state index contributed by atoms with van der Waals surface area (Å²) < 4.78 is 11.8. The van der Waals surface area contributed by atoms with Gasteiger partial charge in [-0.1, -0.05) is 12.1 Å². The maximum atomic E-state index is 12.2. The van der Waals surface area contributed by atoms with Crippen LogP contribution < -0.4 is 10.3 Å². The molecule has 0 aliphatic rings. The SMILES string of the molecule is COCc1[nH]n2c(=O)cc(CCl)nc2c1-c1ccc(OC)cc1. The molecule has 0 aliphatic heterocycles. The molecule has 0 saturated carbocycles. The highest BCUT2D eigenvalue weighted by Gasteiger charge is 2.17. The molecule has 0 unspecified atom stereocenters. The van der Waals surface area contributed by atoms with Crippen LogP contribution in [-0.4, -0.2) is 28.8 Å². The summed E-state index contributed by atoms with van der Waals surface area (Å²) in [5.41, 5.74) is 3.37. The van der Waals surface area contributed by atoms with Gasteiger partial charge in [0.05, 0.1) is 31.0 Å². The Balaban J connectivity index is 2.28. The molecule has 1 aromatic carbocycles. The molecule has 0 saturated heterocycles. The fraction of sp³-hybridized carbons (Fsp3) is 0.250. The number of aromatic amines is 1. The molecular formula is C16H16ClN3O3. The van der Waals surface area contributed by atoms with Crippen molar-refractivity contribution in [1.29, 1.82) is 0 Å². The summed E-state index contributed by atoms with van der Waals surface area (Å²) in [6.07, 6.45) is 0. The highest BCUT2D eigenvalue weighted by molar-refractivity contribution is 6.16. The standard InChI is InChI=1S/C16H16ClN3O3/c1-22-9-13-15(10-3-5-12(23-2)6-4-10)16-18-11(8-17)7-14(21)20(16)19-13/h3-7,19H,8-9H2,1-2H3. The molecule has 2 aromatic heterocycles. The lowest BCUT2D eigenvalue weighted by atomic mass is 10.1. The van der Waals surface area contributed by atoms with Crippen molar-refractivity contribution in [3.8, 4) is 16.9 Å². The van der Waals surface area contributed by atoms with Crippen molar-refractivity contribution in [3.63, 3.8) is 0 Å². The molecule has 0 amide bonds. The average molecular weight is 334 g/mol. The summed E-state index contributed by atoms with van der Waals surface area (Å²) >= 11 is 5.84. The minimum atomic E-state index is -0.206. The number of ether oxygens (including phenoxy) is 2. The first-order valence-electron chi connectivity index (χ1n) is 7.00. The molecular weight excluding hydrogens is 318 g/mol. The molecule has 1 N–H and O–H groups in total. The van der Waals surface area contributed by atoms with Gasteiger partial charge < -0.3 is 9.47 Å². The topological polar surface area (TPSA) is 68.6 Å². The summed E-state index contributed by atoms with van der Waals surface area (Å²) in [5, 5.41) is 3.05. The van der Waals surface area contributed by atoms with Crippen molar-refractivity contribution in [2.24, 2.45) is 0 Å². The molecule has 0 spiro atoms. The van der Waals surface area contributed by atoms with Crippen molar-refractivity contribution in [2.75, 3.05) is 14.2 Å². The Morgan fingerprint density at radius 2 is 2.00 bits per heavy atom. The van der Waals surface area contributed by atoms with Gasteiger partial charge in [0.25, 0.3) is 5.56 Å². The van der Waals surface area contributed by atoms with E-state index < -0.39 is 0 Å². The molecule has 120 valence electrons. The fourth-order valence-corrected chi connectivity index (χ4v) is 2.65. The van der Waals surface area contributed by atoms with Crippen LogP contribution >= 0.6 is 11.6 Å². The molecule has 0 bridgehead atoms. The lowest BCUT2D eigenvalue weighted by molar-refractivity contribution is 0.181. The quantitative estimate of drug-likeness (QED) is 0.729. The van der Waals surface area contributed by atoms with Gasteiger partial charge >= 0.3 is 0 Å². The van der Waals surface area contributed by atoms with Crippen LogP contribution in [0.4, 0.5) is 0 Å². The van der Waals surface area contributed by atoms with Crippen LogP contribution in [-0.2, 0) is 17.2 Å². The monoisotopic (exact) mass is 333 g/mol. The Hall–Kier alpha value is -2.31. The molecule has 0 radical (unpaired) electrons. The van der Waals surface area contributed by atoms with E-state index in [-0.39, 0.29) is 11.4 Å². The maximum absolute atomic E-state index is 12.2. The molecule has 7 heteroatoms. The van der Waals surface area contributed by atoms with Gasteiger partial charge in [0.2, 0.25) is 0 Å². The van der Waals surface area contributed by atoms with E-state index in [1.165, 1.54) is 10.6 Å². The summed E-state index contributed by atoms with van der Waals surface area (Å²) in [7, 11) is 3.22. The molecule has 23 heavy (non-hydrogen) atoms. The minimum Gasteiger partial charge on any atom is -0.497 e. The van der Waals surface area contributed by atoms with Gasteiger partial charge in [0.1, 0.15) is 5.75 Å². The summed E-state index contributed by atoms with van der Waals surface area (Å²) in [6.45, 7) is 0.334. The molecule has 6 nitrogen and oxygen atoms in total. The van der Waals surface area contributed by atoms with Gasteiger partial charge in [0.15, 0.2) is 5.65 Å². The van der Waals surface area contributed by atoms with E-state index in [2.05, 4.69) is 10.1 Å². The van der Waals surface area contributed by atoms with E-state index in [0.717, 1.165) is 22.6 Å². The second-order valence-corrected chi connectivity index (χ2v) is 5.27. The third-order valence-electron chi connectivity index (χ3n) is 3.55. The highest BCUT2D eigenvalue weighted by atomic mass is 35.5. The van der Waals surface area contributed by atoms with Gasteiger partial charge in [-0.05, 0) is 17.7 Å². The average Bonchev–Trinajstić information content (AvgIpc) is 2.94. The number of rotatable bonds is 5. The van der Waals surface area contributed by atoms with E-state index in [1.807, 2.05) is 24.3 Å². The zero-order valence-corrected chi connectivity index (χ0v) is 13.6. The molecule has 3 aromatic rings. The van der Waals surface area contributed by atoms with Crippen LogP contribution in [0.2, 0.25) is 0 Å². The lowest BCUT2D eigenvalue weighted by Crippen LogP contribution is -2.15. The second-order valence-electron chi connectivity index (χ2n) is 5.01. The first-order chi connectivity index (χ1) is 11.2. The zero-order valence-electron chi connectivity index (χ0n) is 12.8. The van der Waals surface area contributed by atoms with Gasteiger partial charge in [0, 0.05) is 18.7 Å². The number of H-pyrrole nitrogens is 1. The number of benzene rings is 1. The van der Waals surface area contributed by atoms with Crippen LogP contribution in [0.25, 0.3) is 16.8 Å². The van der Waals surface area contributed by atoms with E-state index in [1.54, 1.807) is 14.2 Å². The predicted octanol–water partition coefficient (Wildman–Crippen LogP) is 2.58. The number of hydrogen-bond acceptors (Lipinski definition) is 4. The van der Waals surface area contributed by atoms with E-state index in [9.17, 15) is 4.79 Å². The molecule has 0 fully saturated rings. The van der Waals surface area contributed by atoms with Crippen molar-refractivity contribution in [3.05, 3.63) is 52.1 Å². The number of methoxy groups -OCH3 is 2. The summed E-state index contributed by atoms with van der Waals surface area (Å²) in [6, 6.07) is 8.98. The molecule has 2 heterocycles. The Kier molecular flexibility index (Phi) is 4.36. The van der Waals surface area contributed by atoms with Gasteiger partial charge in [-0.25, -0.2) is 9.50 Å². The number of nitrogens with zero attached hydrogens (tertiary/aromatic N) is 2. The van der Waals surface area contributed by atoms with Crippen molar-refractivity contribution in [1.82, 2.24) is 14.6 Å². The Morgan fingerprint density at radius 3 is 2.61 bits per heavy atom. The number of halogens is 1. The Bertz CT molecular complexity index is 884. The van der Waals surface area contributed by atoms with Gasteiger partial charge in [-0.3, -0.25) is 9.89 Å². The lowest BCUT2D eigenvalue weighted by Gasteiger charge is -2.05. The van der Waals surface area contributed by atoms with E-state index in [4.69, 9.17) is 21.1 Å². The minimum absolute atomic E-state index is 0.179. The number of alkyl halides is 1. The van der Waals surface area contributed by atoms with Crippen molar-refractivity contribution >= 4 is 17.2 Å². The largest absolute Gasteiger partial charge is 0.497 e. The third-order valence-corrected chi connectivity index (χ3v) is 3.82. The predicted molar refractivity (Wildman–Crippen MR) is 88.1 cm³/mol. The van der Waals surface area contributed by atoms with E-state index in [0.29, 0.717) is 17.9 Å². The molecule has 3 rings (SSSR count). The highest BCUT2D eigenvalue weighted by Crippen LogP contribution is 2.29. The van der Waals surface area contributed by atoms with Crippen LogP contribution in [0.5, 0.6) is 5.75 Å². The first-order valence-corrected chi connectivity index (χ1v) is 7.54. The van der Waals surface area contributed by atoms with Crippen LogP contribution in [0, 0.1) is 0 Å². The van der Waals surface area contributed by atoms with Crippen LogP contribution in [0.3, 0.4) is 0 Å². The fourth-order valence-electron chi connectivity index (χ4n) is 2.51. The van der Waals surface area contributed by atoms with Crippen LogP contribution in [0.1, 0.15) is 11.4 Å². The number of aromatic nitrogens is 3.